The van der Waals surface area contributed by atoms with Gasteiger partial charge in [0.1, 0.15) is 0 Å². The van der Waals surface area contributed by atoms with E-state index >= 15 is 0 Å². The summed E-state index contributed by atoms with van der Waals surface area (Å²) in [5.41, 5.74) is -0.365. The van der Waals surface area contributed by atoms with Gasteiger partial charge in [-0.25, -0.2) is 0 Å². The van der Waals surface area contributed by atoms with Crippen LogP contribution in [-0.4, -0.2) is 36.4 Å². The standard InChI is InChI=1S/C10H20NO/c1-7-9(12)10(3,4)11(5,6)8-2/h7H,1,8H2,2-6H3/q+1. The summed E-state index contributed by atoms with van der Waals surface area (Å²) >= 11 is 0. The Morgan fingerprint density at radius 1 is 1.50 bits per heavy atom. The molecular weight excluding hydrogens is 150 g/mol. The molecule has 0 fully saturated rings. The lowest BCUT2D eigenvalue weighted by Crippen LogP contribution is -2.59. The molecular formula is C10H20NO+. The first-order valence-electron chi connectivity index (χ1n) is 4.29. The third-order valence-electron chi connectivity index (χ3n) is 3.09. The number of carbonyl (C=O) groups excluding carboxylic acids is 1. The molecule has 0 aliphatic rings. The van der Waals surface area contributed by atoms with E-state index in [4.69, 9.17) is 0 Å². The maximum atomic E-state index is 11.5. The highest BCUT2D eigenvalue weighted by atomic mass is 16.1. The molecule has 0 aliphatic heterocycles. The van der Waals surface area contributed by atoms with Gasteiger partial charge in [-0.2, -0.15) is 0 Å². The molecule has 0 bridgehead atoms. The van der Waals surface area contributed by atoms with Gasteiger partial charge in [0, 0.05) is 0 Å². The fourth-order valence-corrected chi connectivity index (χ4v) is 0.943. The smallest absolute Gasteiger partial charge is 0.214 e. The summed E-state index contributed by atoms with van der Waals surface area (Å²) in [7, 11) is 4.11. The summed E-state index contributed by atoms with van der Waals surface area (Å²) < 4.78 is 0.692. The van der Waals surface area contributed by atoms with Crippen LogP contribution in [0.2, 0.25) is 0 Å². The molecule has 0 aromatic carbocycles. The Hall–Kier alpha value is -0.630. The quantitative estimate of drug-likeness (QED) is 0.463. The zero-order valence-corrected chi connectivity index (χ0v) is 8.85. The van der Waals surface area contributed by atoms with E-state index in [0.29, 0.717) is 4.48 Å². The van der Waals surface area contributed by atoms with Gasteiger partial charge in [-0.15, -0.1) is 0 Å². The molecule has 70 valence electrons. The average molecular weight is 170 g/mol. The minimum Gasteiger partial charge on any atom is -0.318 e. The van der Waals surface area contributed by atoms with Gasteiger partial charge in [0.25, 0.3) is 0 Å². The van der Waals surface area contributed by atoms with Gasteiger partial charge < -0.3 is 4.48 Å². The van der Waals surface area contributed by atoms with Crippen LogP contribution in [0.5, 0.6) is 0 Å². The zero-order valence-electron chi connectivity index (χ0n) is 8.85. The molecule has 0 rings (SSSR count). The van der Waals surface area contributed by atoms with Crippen LogP contribution >= 0.6 is 0 Å². The van der Waals surface area contributed by atoms with Crippen LogP contribution in [0.3, 0.4) is 0 Å². The molecule has 2 nitrogen and oxygen atoms in total. The fourth-order valence-electron chi connectivity index (χ4n) is 0.943. The lowest BCUT2D eigenvalue weighted by Gasteiger charge is -2.42. The molecule has 0 saturated carbocycles. The minimum atomic E-state index is -0.365. The predicted octanol–water partition coefficient (Wildman–Crippen LogP) is 1.62. The van der Waals surface area contributed by atoms with Crippen molar-refractivity contribution in [3.63, 3.8) is 0 Å². The Morgan fingerprint density at radius 3 is 2.17 bits per heavy atom. The number of hydrogen-bond acceptors (Lipinski definition) is 1. The molecule has 0 radical (unpaired) electrons. The highest BCUT2D eigenvalue weighted by Crippen LogP contribution is 2.20. The molecule has 0 aromatic rings. The van der Waals surface area contributed by atoms with Crippen LogP contribution in [0.25, 0.3) is 0 Å². The Labute approximate surface area is 75.5 Å². The number of nitrogens with zero attached hydrogens (tertiary/aromatic N) is 1. The van der Waals surface area contributed by atoms with Crippen molar-refractivity contribution in [3.05, 3.63) is 12.7 Å². The minimum absolute atomic E-state index is 0.106. The van der Waals surface area contributed by atoms with Gasteiger partial charge in [0.15, 0.2) is 5.54 Å². The molecule has 0 aliphatic carbocycles. The number of likely N-dealkylation sites (N-methyl/N-ethyl adjacent to an activating group) is 1. The Balaban J connectivity index is 4.82. The van der Waals surface area contributed by atoms with Crippen molar-refractivity contribution in [1.82, 2.24) is 0 Å². The first-order chi connectivity index (χ1) is 5.29. The van der Waals surface area contributed by atoms with Crippen molar-refractivity contribution >= 4 is 5.78 Å². The Morgan fingerprint density at radius 2 is 1.92 bits per heavy atom. The molecule has 2 heteroatoms. The summed E-state index contributed by atoms with van der Waals surface area (Å²) in [6.07, 6.45) is 1.41. The van der Waals surface area contributed by atoms with Gasteiger partial charge in [0.2, 0.25) is 5.78 Å². The normalized spacial score (nSPS) is 12.8. The van der Waals surface area contributed by atoms with Crippen LogP contribution in [0.15, 0.2) is 12.7 Å². The molecule has 0 spiro atoms. The van der Waals surface area contributed by atoms with E-state index in [1.54, 1.807) is 0 Å². The van der Waals surface area contributed by atoms with E-state index < -0.39 is 0 Å². The van der Waals surface area contributed by atoms with E-state index in [0.717, 1.165) is 6.54 Å². The number of quaternary nitrogens is 1. The first-order valence-corrected chi connectivity index (χ1v) is 4.29. The lowest BCUT2D eigenvalue weighted by atomic mass is 9.94. The van der Waals surface area contributed by atoms with Crippen LogP contribution in [0, 0.1) is 0 Å². The number of carbonyl (C=O) groups is 1. The lowest BCUT2D eigenvalue weighted by molar-refractivity contribution is -0.925. The van der Waals surface area contributed by atoms with E-state index in [1.807, 2.05) is 13.8 Å². The SMILES string of the molecule is C=CC(=O)C(C)(C)[N+](C)(C)CC. The predicted molar refractivity (Wildman–Crippen MR) is 51.9 cm³/mol. The third kappa shape index (κ3) is 1.75. The Kier molecular flexibility index (Phi) is 3.22. The summed E-state index contributed by atoms with van der Waals surface area (Å²) in [5, 5.41) is 0. The van der Waals surface area contributed by atoms with Crippen molar-refractivity contribution in [3.8, 4) is 0 Å². The molecule has 12 heavy (non-hydrogen) atoms. The molecule has 0 unspecified atom stereocenters. The average Bonchev–Trinajstić information content (AvgIpc) is 2.02. The molecule has 0 heterocycles. The van der Waals surface area contributed by atoms with Crippen LogP contribution in [0.4, 0.5) is 0 Å². The van der Waals surface area contributed by atoms with Crippen molar-refractivity contribution in [1.29, 1.82) is 0 Å². The molecule has 0 atom stereocenters. The van der Waals surface area contributed by atoms with E-state index in [2.05, 4.69) is 27.6 Å². The monoisotopic (exact) mass is 170 g/mol. The summed E-state index contributed by atoms with van der Waals surface area (Å²) in [6.45, 7) is 10.5. The van der Waals surface area contributed by atoms with Crippen molar-refractivity contribution in [2.45, 2.75) is 26.3 Å². The Bertz CT molecular complexity index is 192. The second-order valence-corrected chi connectivity index (χ2v) is 4.13. The van der Waals surface area contributed by atoms with E-state index in [9.17, 15) is 4.79 Å². The second kappa shape index (κ2) is 3.40. The number of hydrogen-bond donors (Lipinski definition) is 0. The van der Waals surface area contributed by atoms with Gasteiger partial charge >= 0.3 is 0 Å². The van der Waals surface area contributed by atoms with Crippen molar-refractivity contribution in [2.24, 2.45) is 0 Å². The summed E-state index contributed by atoms with van der Waals surface area (Å²) in [4.78, 5) is 11.5. The van der Waals surface area contributed by atoms with Crippen LogP contribution in [-0.2, 0) is 4.79 Å². The molecule has 0 N–H and O–H groups in total. The third-order valence-corrected chi connectivity index (χ3v) is 3.09. The number of rotatable bonds is 4. The van der Waals surface area contributed by atoms with Gasteiger partial charge in [-0.05, 0) is 26.8 Å². The topological polar surface area (TPSA) is 17.1 Å². The maximum absolute atomic E-state index is 11.5. The van der Waals surface area contributed by atoms with Crippen LogP contribution in [0.1, 0.15) is 20.8 Å². The largest absolute Gasteiger partial charge is 0.318 e. The second-order valence-electron chi connectivity index (χ2n) is 4.13. The number of ketones is 1. The fraction of sp³-hybridized carbons (Fsp3) is 0.700. The maximum Gasteiger partial charge on any atom is 0.214 e. The van der Waals surface area contributed by atoms with Gasteiger partial charge in [-0.3, -0.25) is 4.79 Å². The van der Waals surface area contributed by atoms with Gasteiger partial charge in [-0.1, -0.05) is 6.58 Å². The summed E-state index contributed by atoms with van der Waals surface area (Å²) in [6, 6.07) is 0. The highest BCUT2D eigenvalue weighted by molar-refractivity contribution is 5.95. The van der Waals surface area contributed by atoms with Crippen molar-refractivity contribution < 1.29 is 9.28 Å². The molecule has 0 amide bonds. The first kappa shape index (κ1) is 11.4. The summed E-state index contributed by atoms with van der Waals surface area (Å²) in [5.74, 6) is 0.106. The molecule has 0 aromatic heterocycles. The van der Waals surface area contributed by atoms with Gasteiger partial charge in [0.05, 0.1) is 20.6 Å². The highest BCUT2D eigenvalue weighted by Gasteiger charge is 2.40. The van der Waals surface area contributed by atoms with E-state index in [1.165, 1.54) is 6.08 Å². The zero-order chi connectivity index (χ0) is 9.99. The van der Waals surface area contributed by atoms with Crippen molar-refractivity contribution in [2.75, 3.05) is 20.6 Å². The van der Waals surface area contributed by atoms with E-state index in [-0.39, 0.29) is 11.3 Å². The molecule has 0 saturated heterocycles. The van der Waals surface area contributed by atoms with Crippen LogP contribution < -0.4 is 0 Å².